The zero-order chi connectivity index (χ0) is 23.5. The number of nitrogens with zero attached hydrogens (tertiary/aromatic N) is 2. The molecule has 0 bridgehead atoms. The quantitative estimate of drug-likeness (QED) is 0.424. The molecule has 0 fully saturated rings. The molecule has 0 aliphatic rings. The van der Waals surface area contributed by atoms with Gasteiger partial charge in [0.15, 0.2) is 0 Å². The number of hydrogen-bond donors (Lipinski definition) is 2. The van der Waals surface area contributed by atoms with Crippen LogP contribution in [-0.4, -0.2) is 33.6 Å². The Labute approximate surface area is 194 Å². The molecule has 0 atom stereocenters. The Morgan fingerprint density at radius 3 is 1.30 bits per heavy atom. The molecule has 2 heterocycles. The summed E-state index contributed by atoms with van der Waals surface area (Å²) in [6.07, 6.45) is 0.499. The molecule has 0 spiro atoms. The van der Waals surface area contributed by atoms with Gasteiger partial charge in [0.05, 0.1) is 50.2 Å². The number of aromatic nitrogens is 2. The third-order valence-electron chi connectivity index (χ3n) is 6.28. The first-order valence-electron chi connectivity index (χ1n) is 10.9. The Balaban J connectivity index is 1.92. The van der Waals surface area contributed by atoms with Gasteiger partial charge in [-0.2, -0.15) is 0 Å². The number of aliphatic hydroxyl groups excluding tert-OH is 2. The summed E-state index contributed by atoms with van der Waals surface area (Å²) in [6.45, 7) is -0.272. The molecule has 0 saturated carbocycles. The molecule has 2 N–H and O–H groups in total. The fraction of sp³-hybridized carbons (Fsp3) is 0.259. The number of rotatable bonds is 8. The van der Waals surface area contributed by atoms with E-state index in [1.54, 1.807) is 14.2 Å². The van der Waals surface area contributed by atoms with E-state index in [4.69, 9.17) is 9.47 Å². The van der Waals surface area contributed by atoms with Crippen LogP contribution in [0, 0.1) is 0 Å². The molecule has 0 saturated heterocycles. The molecule has 0 aliphatic carbocycles. The van der Waals surface area contributed by atoms with Crippen LogP contribution in [0.1, 0.15) is 22.5 Å². The van der Waals surface area contributed by atoms with Crippen LogP contribution in [0.25, 0.3) is 22.5 Å². The molecular weight excluding hydrogens is 416 g/mol. The van der Waals surface area contributed by atoms with Crippen molar-refractivity contribution in [3.05, 3.63) is 83.2 Å². The first kappa shape index (κ1) is 22.7. The largest absolute Gasteiger partial charge is 0.494 e. The highest BCUT2D eigenvalue weighted by atomic mass is 16.5. The van der Waals surface area contributed by atoms with Gasteiger partial charge in [0.1, 0.15) is 11.5 Å². The molecule has 0 unspecified atom stereocenters. The summed E-state index contributed by atoms with van der Waals surface area (Å²) in [5, 5.41) is 20.5. The van der Waals surface area contributed by atoms with Crippen molar-refractivity contribution in [1.29, 1.82) is 0 Å². The Bertz CT molecular complexity index is 1140. The second-order valence-electron chi connectivity index (χ2n) is 7.96. The van der Waals surface area contributed by atoms with E-state index in [2.05, 4.69) is 9.13 Å². The highest BCUT2D eigenvalue weighted by molar-refractivity contribution is 5.72. The second kappa shape index (κ2) is 9.57. The Kier molecular flexibility index (Phi) is 6.58. The van der Waals surface area contributed by atoms with Crippen LogP contribution in [0.15, 0.2) is 60.7 Å². The smallest absolute Gasteiger partial charge is 0.146 e. The first-order valence-corrected chi connectivity index (χ1v) is 10.9. The van der Waals surface area contributed by atoms with Gasteiger partial charge in [0.2, 0.25) is 0 Å². The van der Waals surface area contributed by atoms with Gasteiger partial charge in [-0.25, -0.2) is 0 Å². The maximum absolute atomic E-state index is 10.2. The molecule has 0 radical (unpaired) electrons. The van der Waals surface area contributed by atoms with Gasteiger partial charge in [-0.05, 0) is 11.1 Å². The summed E-state index contributed by atoms with van der Waals surface area (Å²) in [7, 11) is 7.23. The minimum absolute atomic E-state index is 0.136. The number of methoxy groups -OCH3 is 2. The van der Waals surface area contributed by atoms with Crippen LogP contribution < -0.4 is 9.47 Å². The van der Waals surface area contributed by atoms with E-state index < -0.39 is 0 Å². The Hall–Kier alpha value is -3.48. The first-order chi connectivity index (χ1) is 16.1. The van der Waals surface area contributed by atoms with E-state index in [1.165, 1.54) is 0 Å². The van der Waals surface area contributed by atoms with Crippen LogP contribution in [0.4, 0.5) is 0 Å². The lowest BCUT2D eigenvalue weighted by molar-refractivity contribution is 0.275. The summed E-state index contributed by atoms with van der Waals surface area (Å²) in [6, 6.07) is 20.0. The SMILES string of the molecule is COc1c(CO)c(-c2ccccc2)n(C)c1Cc1c(OC)c(CO)c(-c2ccccc2)n1C. The summed E-state index contributed by atoms with van der Waals surface area (Å²) >= 11 is 0. The summed E-state index contributed by atoms with van der Waals surface area (Å²) in [4.78, 5) is 0. The lowest BCUT2D eigenvalue weighted by Gasteiger charge is -2.12. The Morgan fingerprint density at radius 2 is 1.00 bits per heavy atom. The minimum Gasteiger partial charge on any atom is -0.494 e. The van der Waals surface area contributed by atoms with E-state index in [9.17, 15) is 10.2 Å². The van der Waals surface area contributed by atoms with Crippen LogP contribution in [-0.2, 0) is 33.7 Å². The molecule has 33 heavy (non-hydrogen) atoms. The zero-order valence-electron chi connectivity index (χ0n) is 19.5. The predicted octanol–water partition coefficient (Wildman–Crippen LogP) is 4.29. The number of ether oxygens (including phenoxy) is 2. The molecule has 6 heteroatoms. The third kappa shape index (κ3) is 3.81. The van der Waals surface area contributed by atoms with Gasteiger partial charge in [-0.1, -0.05) is 60.7 Å². The van der Waals surface area contributed by atoms with Crippen molar-refractivity contribution in [2.75, 3.05) is 14.2 Å². The normalized spacial score (nSPS) is 11.1. The topological polar surface area (TPSA) is 68.8 Å². The summed E-state index contributed by atoms with van der Waals surface area (Å²) in [5.74, 6) is 1.32. The average molecular weight is 447 g/mol. The minimum atomic E-state index is -0.136. The van der Waals surface area contributed by atoms with E-state index in [-0.39, 0.29) is 13.2 Å². The molecule has 0 aliphatic heterocycles. The van der Waals surface area contributed by atoms with Crippen molar-refractivity contribution in [2.45, 2.75) is 19.6 Å². The van der Waals surface area contributed by atoms with Crippen LogP contribution >= 0.6 is 0 Å². The lowest BCUT2D eigenvalue weighted by atomic mass is 10.1. The molecule has 4 rings (SSSR count). The van der Waals surface area contributed by atoms with E-state index >= 15 is 0 Å². The molecule has 172 valence electrons. The van der Waals surface area contributed by atoms with Crippen LogP contribution in [0.2, 0.25) is 0 Å². The van der Waals surface area contributed by atoms with Gasteiger partial charge in [-0.15, -0.1) is 0 Å². The fourth-order valence-corrected chi connectivity index (χ4v) is 4.80. The predicted molar refractivity (Wildman–Crippen MR) is 129 cm³/mol. The van der Waals surface area contributed by atoms with Gasteiger partial charge >= 0.3 is 0 Å². The number of aliphatic hydroxyl groups is 2. The summed E-state index contributed by atoms with van der Waals surface area (Å²) in [5.41, 5.74) is 7.20. The van der Waals surface area contributed by atoms with Crippen molar-refractivity contribution in [2.24, 2.45) is 14.1 Å². The molecule has 0 amide bonds. The highest BCUT2D eigenvalue weighted by Gasteiger charge is 2.27. The monoisotopic (exact) mass is 446 g/mol. The molecule has 4 aromatic rings. The number of hydrogen-bond acceptors (Lipinski definition) is 4. The Morgan fingerprint density at radius 1 is 0.636 bits per heavy atom. The van der Waals surface area contributed by atoms with Gasteiger partial charge in [0, 0.05) is 31.6 Å². The molecule has 2 aromatic heterocycles. The highest BCUT2D eigenvalue weighted by Crippen LogP contribution is 2.42. The van der Waals surface area contributed by atoms with Crippen LogP contribution in [0.3, 0.4) is 0 Å². The van der Waals surface area contributed by atoms with E-state index in [0.717, 1.165) is 45.0 Å². The van der Waals surface area contributed by atoms with E-state index in [1.807, 2.05) is 74.8 Å². The van der Waals surface area contributed by atoms with Crippen molar-refractivity contribution in [3.8, 4) is 34.0 Å². The number of benzene rings is 2. The van der Waals surface area contributed by atoms with Crippen LogP contribution in [0.5, 0.6) is 11.5 Å². The second-order valence-corrected chi connectivity index (χ2v) is 7.96. The van der Waals surface area contributed by atoms with Crippen molar-refractivity contribution in [1.82, 2.24) is 9.13 Å². The van der Waals surface area contributed by atoms with E-state index in [0.29, 0.717) is 17.9 Å². The maximum Gasteiger partial charge on any atom is 0.146 e. The lowest BCUT2D eigenvalue weighted by Crippen LogP contribution is -2.06. The maximum atomic E-state index is 10.2. The third-order valence-corrected chi connectivity index (χ3v) is 6.28. The van der Waals surface area contributed by atoms with Crippen molar-refractivity contribution in [3.63, 3.8) is 0 Å². The molecule has 6 nitrogen and oxygen atoms in total. The van der Waals surface area contributed by atoms with Crippen molar-refractivity contribution >= 4 is 0 Å². The van der Waals surface area contributed by atoms with Gasteiger partial charge in [0.25, 0.3) is 0 Å². The standard InChI is InChI=1S/C27H30N2O4/c1-28-22(26(32-3)20(16-30)24(28)18-11-7-5-8-12-18)15-23-27(33-4)21(17-31)25(29(23)2)19-13-9-6-10-14-19/h5-14,30-31H,15-17H2,1-4H3. The fourth-order valence-electron chi connectivity index (χ4n) is 4.80. The molecule has 2 aromatic carbocycles. The van der Waals surface area contributed by atoms with Gasteiger partial charge in [-0.3, -0.25) is 0 Å². The van der Waals surface area contributed by atoms with Crippen molar-refractivity contribution < 1.29 is 19.7 Å². The van der Waals surface area contributed by atoms with Gasteiger partial charge < -0.3 is 28.8 Å². The summed E-state index contributed by atoms with van der Waals surface area (Å²) < 4.78 is 15.8. The average Bonchev–Trinajstić information content (AvgIpc) is 3.29. The molecular formula is C27H30N2O4. The zero-order valence-corrected chi connectivity index (χ0v) is 19.5.